The summed E-state index contributed by atoms with van der Waals surface area (Å²) in [4.78, 5) is 73.5. The lowest BCUT2D eigenvalue weighted by Gasteiger charge is -2.27. The monoisotopic (exact) mass is 594 g/mol. The minimum atomic E-state index is -1.50. The molecule has 0 saturated heterocycles. The second kappa shape index (κ2) is 11.8. The molecule has 4 rings (SSSR count). The van der Waals surface area contributed by atoms with Gasteiger partial charge in [-0.05, 0) is 35.9 Å². The summed E-state index contributed by atoms with van der Waals surface area (Å²) in [6.07, 6.45) is 0. The lowest BCUT2D eigenvalue weighted by molar-refractivity contribution is -0.138. The van der Waals surface area contributed by atoms with Crippen molar-refractivity contribution in [1.82, 2.24) is 0 Å². The lowest BCUT2D eigenvalue weighted by atomic mass is 9.89. The largest absolute Gasteiger partial charge is 0.506 e. The number of aromatic carboxylic acids is 1. The first-order valence-electron chi connectivity index (χ1n) is 12.2. The number of hydrogen-bond donors (Lipinski definition) is 6. The summed E-state index contributed by atoms with van der Waals surface area (Å²) in [6.45, 7) is -3.81. The Morgan fingerprint density at radius 1 is 0.651 bits per heavy atom. The van der Waals surface area contributed by atoms with E-state index in [4.69, 9.17) is 4.42 Å². The Hall–Kier alpha value is -6.12. The Morgan fingerprint density at radius 2 is 1.19 bits per heavy atom. The van der Waals surface area contributed by atoms with Gasteiger partial charge in [-0.3, -0.25) is 24.0 Å². The van der Waals surface area contributed by atoms with Crippen molar-refractivity contribution in [2.75, 3.05) is 36.0 Å². The molecular weight excluding hydrogens is 572 g/mol. The van der Waals surface area contributed by atoms with E-state index in [2.05, 4.69) is 0 Å². The van der Waals surface area contributed by atoms with Crippen molar-refractivity contribution in [1.29, 1.82) is 0 Å². The van der Waals surface area contributed by atoms with Gasteiger partial charge >= 0.3 is 29.8 Å². The lowest BCUT2D eigenvalue weighted by Crippen LogP contribution is -2.37. The Bertz CT molecular complexity index is 1800. The first-order valence-corrected chi connectivity index (χ1v) is 12.2. The predicted molar refractivity (Wildman–Crippen MR) is 148 cm³/mol. The quantitative estimate of drug-likeness (QED) is 0.128. The molecule has 43 heavy (non-hydrogen) atoms. The third kappa shape index (κ3) is 6.00. The first-order chi connectivity index (χ1) is 20.3. The molecule has 15 heteroatoms. The smallest absolute Gasteiger partial charge is 0.336 e. The van der Waals surface area contributed by atoms with E-state index in [-0.39, 0.29) is 33.2 Å². The molecule has 0 amide bonds. The van der Waals surface area contributed by atoms with Crippen molar-refractivity contribution in [3.05, 3.63) is 64.3 Å². The van der Waals surface area contributed by atoms with Crippen LogP contribution in [0.5, 0.6) is 5.75 Å². The number of hydrogen-bond acceptors (Lipinski definition) is 10. The Labute approximate surface area is 240 Å². The van der Waals surface area contributed by atoms with Gasteiger partial charge in [-0.1, -0.05) is 18.2 Å². The number of aromatic hydroxyl groups is 1. The van der Waals surface area contributed by atoms with Gasteiger partial charge in [-0.2, -0.15) is 0 Å². The van der Waals surface area contributed by atoms with Crippen LogP contribution < -0.4 is 15.2 Å². The predicted octanol–water partition coefficient (Wildman–Crippen LogP) is 1.92. The first kappa shape index (κ1) is 29.9. The van der Waals surface area contributed by atoms with Crippen LogP contribution in [0.1, 0.15) is 10.4 Å². The van der Waals surface area contributed by atoms with Crippen molar-refractivity contribution in [3.63, 3.8) is 0 Å². The van der Waals surface area contributed by atoms with Gasteiger partial charge in [0.2, 0.25) is 5.43 Å². The molecule has 2 aromatic carbocycles. The minimum absolute atomic E-state index is 0.0382. The molecule has 2 aromatic rings. The number of rotatable bonds is 12. The van der Waals surface area contributed by atoms with Crippen molar-refractivity contribution >= 4 is 52.2 Å². The summed E-state index contributed by atoms with van der Waals surface area (Å²) in [6, 6.07) is 10.4. The van der Waals surface area contributed by atoms with E-state index in [1.165, 1.54) is 36.4 Å². The molecule has 6 N–H and O–H groups in total. The van der Waals surface area contributed by atoms with Crippen LogP contribution >= 0.6 is 0 Å². The molecule has 0 bridgehead atoms. The van der Waals surface area contributed by atoms with Crippen LogP contribution in [0.15, 0.2) is 57.7 Å². The molecule has 0 fully saturated rings. The number of carboxylic acid groups (broad SMARTS) is 5. The van der Waals surface area contributed by atoms with Crippen LogP contribution in [0.25, 0.3) is 33.4 Å². The summed E-state index contributed by atoms with van der Waals surface area (Å²) >= 11 is 0. The molecule has 2 aliphatic rings. The second-order valence-electron chi connectivity index (χ2n) is 9.21. The van der Waals surface area contributed by atoms with Gasteiger partial charge in [-0.15, -0.1) is 0 Å². The van der Waals surface area contributed by atoms with Gasteiger partial charge in [0.15, 0.2) is 11.3 Å². The van der Waals surface area contributed by atoms with Crippen molar-refractivity contribution < 1.29 is 59.0 Å². The minimum Gasteiger partial charge on any atom is -0.506 e. The highest BCUT2D eigenvalue weighted by Crippen LogP contribution is 2.48. The maximum absolute atomic E-state index is 13.2. The van der Waals surface area contributed by atoms with E-state index >= 15 is 0 Å². The molecule has 222 valence electrons. The van der Waals surface area contributed by atoms with Crippen LogP contribution in [-0.4, -0.2) is 86.7 Å². The molecule has 15 nitrogen and oxygen atoms in total. The number of aliphatic carboxylic acids is 4. The maximum Gasteiger partial charge on any atom is 0.336 e. The normalized spacial score (nSPS) is 10.9. The van der Waals surface area contributed by atoms with Crippen molar-refractivity contribution in [2.24, 2.45) is 0 Å². The number of nitrogens with zero attached hydrogens (tertiary/aromatic N) is 2. The van der Waals surface area contributed by atoms with Crippen molar-refractivity contribution in [3.8, 4) is 28.2 Å². The Balaban J connectivity index is 2.26. The van der Waals surface area contributed by atoms with E-state index in [9.17, 15) is 59.4 Å². The van der Waals surface area contributed by atoms with E-state index in [1.54, 1.807) is 0 Å². The number of anilines is 2. The fraction of sp³-hybridized carbons (Fsp3) is 0.143. The molecule has 0 unspecified atom stereocenters. The fourth-order valence-corrected chi connectivity index (χ4v) is 4.83. The zero-order valence-corrected chi connectivity index (χ0v) is 21.9. The number of carboxylic acids is 5. The zero-order valence-electron chi connectivity index (χ0n) is 21.9. The number of phenolic OH excluding ortho intramolecular Hbond substituents is 1. The molecule has 1 heterocycles. The standard InChI is InChI=1S/C28H22N2O13/c31-17-7-5-15-23(13-3-1-2-4-14(13)28(41)42)16-6-8-18(32)25(30(11-21(37)38)12-22(39)40)27(16)43-26(15)24(17)29(9-19(33)34)10-20(35)36/h1-8,31H,9-12H2,(H,33,34)(H,35,36)(H,37,38)(H,39,40)(H,41,42). The van der Waals surface area contributed by atoms with Gasteiger partial charge in [0.05, 0.1) is 5.56 Å². The van der Waals surface area contributed by atoms with Gasteiger partial charge < -0.3 is 44.9 Å². The Morgan fingerprint density at radius 3 is 1.72 bits per heavy atom. The van der Waals surface area contributed by atoms with Crippen molar-refractivity contribution in [2.45, 2.75) is 0 Å². The average Bonchev–Trinajstić information content (AvgIpc) is 2.90. The summed E-state index contributed by atoms with van der Waals surface area (Å²) in [5, 5.41) is 58.7. The number of benzene rings is 3. The number of carbonyl (C=O) groups is 5. The summed E-state index contributed by atoms with van der Waals surface area (Å²) in [5.41, 5.74) is -2.27. The molecule has 0 atom stereocenters. The summed E-state index contributed by atoms with van der Waals surface area (Å²) in [7, 11) is 0. The topological polar surface area (TPSA) is 243 Å². The third-order valence-electron chi connectivity index (χ3n) is 6.31. The Kier molecular flexibility index (Phi) is 8.18. The highest BCUT2D eigenvalue weighted by molar-refractivity contribution is 6.12. The second-order valence-corrected chi connectivity index (χ2v) is 9.21. The molecule has 0 radical (unpaired) electrons. The average molecular weight is 594 g/mol. The highest BCUT2D eigenvalue weighted by atomic mass is 16.4. The van der Waals surface area contributed by atoms with Gasteiger partial charge in [0, 0.05) is 16.5 Å². The van der Waals surface area contributed by atoms with Crippen LogP contribution in [0.3, 0.4) is 0 Å². The number of fused-ring (bicyclic) bond motifs is 2. The molecule has 1 aliphatic carbocycles. The molecule has 0 spiro atoms. The van der Waals surface area contributed by atoms with E-state index in [0.29, 0.717) is 4.90 Å². The molecule has 0 saturated carbocycles. The van der Waals surface area contributed by atoms with E-state index in [0.717, 1.165) is 17.0 Å². The summed E-state index contributed by atoms with van der Waals surface area (Å²) < 4.78 is 6.06. The number of phenols is 1. The van der Waals surface area contributed by atoms with Gasteiger partial charge in [0.1, 0.15) is 43.3 Å². The zero-order chi connectivity index (χ0) is 31.6. The van der Waals surface area contributed by atoms with Crippen LogP contribution in [0.2, 0.25) is 0 Å². The molecule has 0 aromatic heterocycles. The highest BCUT2D eigenvalue weighted by Gasteiger charge is 2.31. The van der Waals surface area contributed by atoms with Gasteiger partial charge in [-0.25, -0.2) is 4.79 Å². The van der Waals surface area contributed by atoms with Crippen LogP contribution in [-0.2, 0) is 19.2 Å². The van der Waals surface area contributed by atoms with E-state index < -0.39 is 84.3 Å². The van der Waals surface area contributed by atoms with Crippen LogP contribution in [0, 0.1) is 0 Å². The van der Waals surface area contributed by atoms with Crippen LogP contribution in [0.4, 0.5) is 11.4 Å². The van der Waals surface area contributed by atoms with E-state index in [1.807, 2.05) is 0 Å². The fourth-order valence-electron chi connectivity index (χ4n) is 4.83. The summed E-state index contributed by atoms with van der Waals surface area (Å²) in [5.74, 6) is -8.37. The SMILES string of the molecule is O=C(O)CN(CC(=O)O)c1c2oc3c(N(CC(=O)O)CC(=O)O)c(O)ccc3c(-c3ccccc3C(=O)O)c-2ccc1=O. The maximum atomic E-state index is 13.2. The molecule has 1 aliphatic heterocycles. The molecular formula is C28H22N2O13. The van der Waals surface area contributed by atoms with Gasteiger partial charge in [0.25, 0.3) is 0 Å². The third-order valence-corrected chi connectivity index (χ3v) is 6.31.